The van der Waals surface area contributed by atoms with Crippen LogP contribution in [0, 0.1) is 5.92 Å². The van der Waals surface area contributed by atoms with E-state index in [1.165, 1.54) is 5.75 Å². The van der Waals surface area contributed by atoms with Gasteiger partial charge in [0, 0.05) is 11.0 Å². The summed E-state index contributed by atoms with van der Waals surface area (Å²) in [4.78, 5) is 0. The summed E-state index contributed by atoms with van der Waals surface area (Å²) in [6.07, 6.45) is 0. The maximum absolute atomic E-state index is 2.32. The van der Waals surface area contributed by atoms with Crippen molar-refractivity contribution in [1.82, 2.24) is 0 Å². The first-order valence-electron chi connectivity index (χ1n) is 2.59. The second-order valence-electron chi connectivity index (χ2n) is 2.06. The van der Waals surface area contributed by atoms with Crippen molar-refractivity contribution in [2.24, 2.45) is 5.92 Å². The summed E-state index contributed by atoms with van der Waals surface area (Å²) >= 11 is 0. The number of hydrogen-bond donors (Lipinski definition) is 0. The van der Waals surface area contributed by atoms with E-state index in [0.717, 1.165) is 11.2 Å². The summed E-state index contributed by atoms with van der Waals surface area (Å²) in [6.45, 7) is 4.62. The molecule has 0 aromatic heterocycles. The van der Waals surface area contributed by atoms with Crippen LogP contribution in [-0.2, 0) is 0 Å². The number of rotatable bonds is 0. The van der Waals surface area contributed by atoms with E-state index in [2.05, 4.69) is 13.8 Å². The molecule has 0 aromatic carbocycles. The highest BCUT2D eigenvalue weighted by atomic mass is 33.1. The lowest BCUT2D eigenvalue weighted by Crippen LogP contribution is -2.03. The normalized spacial score (nSPS) is 42.0. The summed E-state index contributed by atoms with van der Waals surface area (Å²) < 4.78 is 0. The van der Waals surface area contributed by atoms with Gasteiger partial charge in [0.2, 0.25) is 0 Å². The van der Waals surface area contributed by atoms with Gasteiger partial charge in [0.05, 0.1) is 0 Å². The van der Waals surface area contributed by atoms with Crippen molar-refractivity contribution in [2.75, 3.05) is 5.75 Å². The predicted octanol–water partition coefficient (Wildman–Crippen LogP) is 2.41. The third-order valence-corrected chi connectivity index (χ3v) is 4.65. The van der Waals surface area contributed by atoms with E-state index in [1.54, 1.807) is 0 Å². The molecule has 0 nitrogen and oxygen atoms in total. The Hall–Kier alpha value is 0.700. The predicted molar refractivity (Wildman–Crippen MR) is 38.7 cm³/mol. The van der Waals surface area contributed by atoms with Crippen LogP contribution in [0.5, 0.6) is 0 Å². The molecule has 0 saturated carbocycles. The molecule has 2 heteroatoms. The Bertz CT molecular complexity index is 55.1. The van der Waals surface area contributed by atoms with Crippen molar-refractivity contribution in [2.45, 2.75) is 19.1 Å². The van der Waals surface area contributed by atoms with E-state index in [9.17, 15) is 0 Å². The van der Waals surface area contributed by atoms with E-state index in [4.69, 9.17) is 0 Å². The van der Waals surface area contributed by atoms with Crippen molar-refractivity contribution in [3.05, 3.63) is 0 Å². The van der Waals surface area contributed by atoms with Crippen molar-refractivity contribution in [1.29, 1.82) is 0 Å². The minimum absolute atomic E-state index is 0.894. The van der Waals surface area contributed by atoms with Crippen LogP contribution in [0.25, 0.3) is 0 Å². The minimum atomic E-state index is 0.894. The molecule has 0 amide bonds. The third kappa shape index (κ3) is 1.29. The van der Waals surface area contributed by atoms with Crippen molar-refractivity contribution < 1.29 is 0 Å². The molecule has 42 valence electrons. The second kappa shape index (κ2) is 2.31. The Kier molecular flexibility index (Phi) is 1.93. The maximum atomic E-state index is 2.32. The third-order valence-electron chi connectivity index (χ3n) is 1.35. The van der Waals surface area contributed by atoms with Crippen LogP contribution in [0.15, 0.2) is 0 Å². The zero-order valence-corrected chi connectivity index (χ0v) is 6.31. The van der Waals surface area contributed by atoms with Gasteiger partial charge < -0.3 is 0 Å². The van der Waals surface area contributed by atoms with E-state index >= 15 is 0 Å². The standard InChI is InChI=1S/C5H10S2/c1-4-3-6-7-5(4)2/h4-5H,3H2,1-2H3. The Morgan fingerprint density at radius 2 is 2.14 bits per heavy atom. The van der Waals surface area contributed by atoms with Gasteiger partial charge in [0.15, 0.2) is 0 Å². The van der Waals surface area contributed by atoms with E-state index in [-0.39, 0.29) is 0 Å². The topological polar surface area (TPSA) is 0 Å². The Labute approximate surface area is 52.8 Å². The summed E-state index contributed by atoms with van der Waals surface area (Å²) in [6, 6.07) is 0. The van der Waals surface area contributed by atoms with Crippen LogP contribution in [0.1, 0.15) is 13.8 Å². The average molecular weight is 134 g/mol. The molecule has 1 rings (SSSR count). The lowest BCUT2D eigenvalue weighted by atomic mass is 10.1. The second-order valence-corrected chi connectivity index (χ2v) is 4.85. The van der Waals surface area contributed by atoms with Gasteiger partial charge >= 0.3 is 0 Å². The monoisotopic (exact) mass is 134 g/mol. The minimum Gasteiger partial charge on any atom is -0.0936 e. The summed E-state index contributed by atoms with van der Waals surface area (Å²) in [5, 5.41) is 0.894. The van der Waals surface area contributed by atoms with Gasteiger partial charge in [0.1, 0.15) is 0 Å². The smallest absolute Gasteiger partial charge is 0.0156 e. The summed E-state index contributed by atoms with van der Waals surface area (Å²) in [7, 11) is 4.03. The molecule has 1 aliphatic heterocycles. The fourth-order valence-electron chi connectivity index (χ4n) is 0.484. The SMILES string of the molecule is CC1CSSC1C. The van der Waals surface area contributed by atoms with Gasteiger partial charge in [-0.05, 0) is 5.92 Å². The lowest BCUT2D eigenvalue weighted by molar-refractivity contribution is 0.665. The molecule has 0 spiro atoms. The van der Waals surface area contributed by atoms with Crippen molar-refractivity contribution in [3.8, 4) is 0 Å². The number of hydrogen-bond acceptors (Lipinski definition) is 2. The van der Waals surface area contributed by atoms with Gasteiger partial charge in [-0.15, -0.1) is 0 Å². The highest BCUT2D eigenvalue weighted by Gasteiger charge is 2.19. The van der Waals surface area contributed by atoms with E-state index in [1.807, 2.05) is 21.6 Å². The van der Waals surface area contributed by atoms with Gasteiger partial charge in [-0.3, -0.25) is 0 Å². The molecule has 2 unspecified atom stereocenters. The Morgan fingerprint density at radius 3 is 2.29 bits per heavy atom. The van der Waals surface area contributed by atoms with Gasteiger partial charge in [-0.1, -0.05) is 35.4 Å². The van der Waals surface area contributed by atoms with Crippen LogP contribution >= 0.6 is 21.6 Å². The molecule has 0 N–H and O–H groups in total. The fraction of sp³-hybridized carbons (Fsp3) is 1.00. The zero-order valence-electron chi connectivity index (χ0n) is 4.68. The molecule has 0 bridgehead atoms. The van der Waals surface area contributed by atoms with Crippen LogP contribution < -0.4 is 0 Å². The average Bonchev–Trinajstić information content (AvgIpc) is 1.91. The molecular formula is C5H10S2. The summed E-state index contributed by atoms with van der Waals surface area (Å²) in [5.74, 6) is 2.29. The van der Waals surface area contributed by atoms with E-state index < -0.39 is 0 Å². The molecular weight excluding hydrogens is 124 g/mol. The molecule has 0 aromatic rings. The maximum Gasteiger partial charge on any atom is 0.0156 e. The van der Waals surface area contributed by atoms with Gasteiger partial charge in [-0.2, -0.15) is 0 Å². The first-order valence-corrected chi connectivity index (χ1v) is 4.97. The molecule has 0 radical (unpaired) electrons. The van der Waals surface area contributed by atoms with Crippen LogP contribution in [-0.4, -0.2) is 11.0 Å². The first kappa shape index (κ1) is 5.83. The van der Waals surface area contributed by atoms with Gasteiger partial charge in [-0.25, -0.2) is 0 Å². The lowest BCUT2D eigenvalue weighted by Gasteiger charge is -2.02. The van der Waals surface area contributed by atoms with Gasteiger partial charge in [0.25, 0.3) is 0 Å². The molecule has 0 aliphatic carbocycles. The van der Waals surface area contributed by atoms with Crippen molar-refractivity contribution >= 4 is 21.6 Å². The molecule has 2 atom stereocenters. The highest BCUT2D eigenvalue weighted by molar-refractivity contribution is 8.77. The van der Waals surface area contributed by atoms with Crippen LogP contribution in [0.4, 0.5) is 0 Å². The molecule has 1 aliphatic rings. The quantitative estimate of drug-likeness (QED) is 0.467. The highest BCUT2D eigenvalue weighted by Crippen LogP contribution is 2.40. The van der Waals surface area contributed by atoms with Crippen molar-refractivity contribution in [3.63, 3.8) is 0 Å². The van der Waals surface area contributed by atoms with E-state index in [0.29, 0.717) is 0 Å². The Balaban J connectivity index is 2.33. The largest absolute Gasteiger partial charge is 0.0936 e. The van der Waals surface area contributed by atoms with Crippen LogP contribution in [0.3, 0.4) is 0 Å². The molecule has 1 heterocycles. The molecule has 1 fully saturated rings. The zero-order chi connectivity index (χ0) is 5.28. The fourth-order valence-corrected chi connectivity index (χ4v) is 3.78. The summed E-state index contributed by atoms with van der Waals surface area (Å²) in [5.41, 5.74) is 0. The first-order chi connectivity index (χ1) is 3.30. The molecule has 1 saturated heterocycles. The van der Waals surface area contributed by atoms with Crippen LogP contribution in [0.2, 0.25) is 0 Å². The Morgan fingerprint density at radius 1 is 1.43 bits per heavy atom. The molecule has 7 heavy (non-hydrogen) atoms.